The standard InChI is InChI=1S/C15H22N2O3S/c1-16-9-10-20-15-12-17(8-7-13(15)11-16)21(18,19)14-5-3-2-4-6-14/h2-6,13,15H,7-12H2,1H3/t13-,15-/m1/s1. The van der Waals surface area contributed by atoms with Crippen LogP contribution in [-0.2, 0) is 14.8 Å². The van der Waals surface area contributed by atoms with Gasteiger partial charge < -0.3 is 9.64 Å². The minimum atomic E-state index is -3.40. The molecule has 0 aromatic heterocycles. The van der Waals surface area contributed by atoms with Crippen LogP contribution in [0.4, 0.5) is 0 Å². The Hall–Kier alpha value is -0.950. The number of sulfonamides is 1. The molecule has 21 heavy (non-hydrogen) atoms. The van der Waals surface area contributed by atoms with E-state index >= 15 is 0 Å². The highest BCUT2D eigenvalue weighted by Crippen LogP contribution is 2.27. The van der Waals surface area contributed by atoms with Crippen molar-refractivity contribution >= 4 is 10.0 Å². The molecule has 0 bridgehead atoms. The Morgan fingerprint density at radius 2 is 1.90 bits per heavy atom. The van der Waals surface area contributed by atoms with Crippen LogP contribution in [0.1, 0.15) is 6.42 Å². The van der Waals surface area contributed by atoms with Crippen molar-refractivity contribution in [3.05, 3.63) is 30.3 Å². The number of benzene rings is 1. The van der Waals surface area contributed by atoms with E-state index in [9.17, 15) is 8.42 Å². The number of hydrogen-bond donors (Lipinski definition) is 0. The number of piperidine rings is 1. The molecule has 0 spiro atoms. The van der Waals surface area contributed by atoms with Gasteiger partial charge >= 0.3 is 0 Å². The zero-order valence-electron chi connectivity index (χ0n) is 12.3. The lowest BCUT2D eigenvalue weighted by molar-refractivity contribution is -0.00188. The van der Waals surface area contributed by atoms with Crippen molar-refractivity contribution in [2.24, 2.45) is 5.92 Å². The normalized spacial score (nSPS) is 28.8. The average Bonchev–Trinajstić information content (AvgIpc) is 2.68. The van der Waals surface area contributed by atoms with Crippen molar-refractivity contribution in [2.75, 3.05) is 39.8 Å². The number of ether oxygens (including phenoxy) is 1. The van der Waals surface area contributed by atoms with Crippen LogP contribution in [0.3, 0.4) is 0 Å². The summed E-state index contributed by atoms with van der Waals surface area (Å²) < 4.78 is 32.8. The summed E-state index contributed by atoms with van der Waals surface area (Å²) in [4.78, 5) is 2.64. The largest absolute Gasteiger partial charge is 0.375 e. The summed E-state index contributed by atoms with van der Waals surface area (Å²) >= 11 is 0. The van der Waals surface area contributed by atoms with E-state index in [1.165, 1.54) is 0 Å². The van der Waals surface area contributed by atoms with Crippen LogP contribution in [0.2, 0.25) is 0 Å². The molecular formula is C15H22N2O3S. The second-order valence-electron chi connectivity index (χ2n) is 5.90. The third-order valence-electron chi connectivity index (χ3n) is 4.39. The quantitative estimate of drug-likeness (QED) is 0.818. The molecule has 2 heterocycles. The van der Waals surface area contributed by atoms with Gasteiger partial charge in [-0.05, 0) is 25.6 Å². The molecule has 0 aliphatic carbocycles. The van der Waals surface area contributed by atoms with E-state index in [0.717, 1.165) is 19.5 Å². The van der Waals surface area contributed by atoms with Crippen LogP contribution in [-0.4, -0.2) is 63.6 Å². The van der Waals surface area contributed by atoms with Gasteiger partial charge in [-0.15, -0.1) is 0 Å². The number of hydrogen-bond acceptors (Lipinski definition) is 4. The molecule has 2 aliphatic heterocycles. The first-order chi connectivity index (χ1) is 10.1. The van der Waals surface area contributed by atoms with E-state index in [-0.39, 0.29) is 6.10 Å². The van der Waals surface area contributed by atoms with Crippen LogP contribution in [0, 0.1) is 5.92 Å². The summed E-state index contributed by atoms with van der Waals surface area (Å²) in [7, 11) is -1.30. The second kappa shape index (κ2) is 6.04. The molecule has 0 saturated carbocycles. The minimum absolute atomic E-state index is 0.0159. The van der Waals surface area contributed by atoms with Crippen LogP contribution in [0.15, 0.2) is 35.2 Å². The second-order valence-corrected chi connectivity index (χ2v) is 7.83. The highest BCUT2D eigenvalue weighted by Gasteiger charge is 2.37. The van der Waals surface area contributed by atoms with Crippen LogP contribution < -0.4 is 0 Å². The molecule has 1 aromatic rings. The van der Waals surface area contributed by atoms with E-state index in [2.05, 4.69) is 11.9 Å². The SMILES string of the molecule is CN1CCO[C@@H]2CN(S(=O)(=O)c3ccccc3)CC[C@@H]2C1. The fourth-order valence-corrected chi connectivity index (χ4v) is 4.63. The highest BCUT2D eigenvalue weighted by atomic mass is 32.2. The van der Waals surface area contributed by atoms with E-state index in [4.69, 9.17) is 4.74 Å². The molecular weight excluding hydrogens is 288 g/mol. The van der Waals surface area contributed by atoms with Gasteiger partial charge in [-0.25, -0.2) is 8.42 Å². The first-order valence-electron chi connectivity index (χ1n) is 7.43. The Bertz CT molecular complexity index is 576. The number of fused-ring (bicyclic) bond motifs is 1. The molecule has 2 aliphatic rings. The van der Waals surface area contributed by atoms with Crippen molar-refractivity contribution in [3.8, 4) is 0 Å². The van der Waals surface area contributed by atoms with E-state index < -0.39 is 10.0 Å². The van der Waals surface area contributed by atoms with Gasteiger partial charge in [0.2, 0.25) is 10.0 Å². The summed E-state index contributed by atoms with van der Waals surface area (Å²) in [5.41, 5.74) is 0. The highest BCUT2D eigenvalue weighted by molar-refractivity contribution is 7.89. The third kappa shape index (κ3) is 3.13. The molecule has 3 rings (SSSR count). The summed E-state index contributed by atoms with van der Waals surface area (Å²) in [5, 5.41) is 0. The minimum Gasteiger partial charge on any atom is -0.375 e. The Morgan fingerprint density at radius 1 is 1.14 bits per heavy atom. The molecule has 2 fully saturated rings. The molecule has 1 aromatic carbocycles. The first kappa shape index (κ1) is 15.0. The van der Waals surface area contributed by atoms with E-state index in [1.54, 1.807) is 28.6 Å². The average molecular weight is 310 g/mol. The fraction of sp³-hybridized carbons (Fsp3) is 0.600. The summed E-state index contributed by atoms with van der Waals surface area (Å²) in [6, 6.07) is 8.66. The molecule has 0 radical (unpaired) electrons. The third-order valence-corrected chi connectivity index (χ3v) is 6.27. The number of nitrogens with zero attached hydrogens (tertiary/aromatic N) is 2. The summed E-state index contributed by atoms with van der Waals surface area (Å²) in [6.45, 7) is 3.63. The van der Waals surface area contributed by atoms with Crippen molar-refractivity contribution in [1.82, 2.24) is 9.21 Å². The van der Waals surface area contributed by atoms with Crippen molar-refractivity contribution in [3.63, 3.8) is 0 Å². The smallest absolute Gasteiger partial charge is 0.243 e. The van der Waals surface area contributed by atoms with Gasteiger partial charge in [-0.3, -0.25) is 0 Å². The first-order valence-corrected chi connectivity index (χ1v) is 8.87. The predicted octanol–water partition coefficient (Wildman–Crippen LogP) is 1.03. The van der Waals surface area contributed by atoms with Crippen molar-refractivity contribution < 1.29 is 13.2 Å². The van der Waals surface area contributed by atoms with Gasteiger partial charge in [0.1, 0.15) is 0 Å². The Balaban J connectivity index is 1.77. The lowest BCUT2D eigenvalue weighted by Crippen LogP contribution is -2.48. The van der Waals surface area contributed by atoms with Gasteiger partial charge in [0.25, 0.3) is 0 Å². The van der Waals surface area contributed by atoms with Gasteiger partial charge in [-0.2, -0.15) is 4.31 Å². The molecule has 0 N–H and O–H groups in total. The maximum Gasteiger partial charge on any atom is 0.243 e. The lowest BCUT2D eigenvalue weighted by Gasteiger charge is -2.37. The van der Waals surface area contributed by atoms with Crippen LogP contribution in [0.5, 0.6) is 0 Å². The Morgan fingerprint density at radius 3 is 2.67 bits per heavy atom. The molecule has 0 unspecified atom stereocenters. The van der Waals surface area contributed by atoms with Gasteiger partial charge in [0.15, 0.2) is 0 Å². The van der Waals surface area contributed by atoms with E-state index in [1.807, 2.05) is 6.07 Å². The van der Waals surface area contributed by atoms with Gasteiger partial charge in [0, 0.05) is 32.1 Å². The number of rotatable bonds is 2. The fourth-order valence-electron chi connectivity index (χ4n) is 3.15. The Labute approximate surface area is 126 Å². The maximum absolute atomic E-state index is 12.7. The van der Waals surface area contributed by atoms with Crippen molar-refractivity contribution in [2.45, 2.75) is 17.4 Å². The molecule has 2 saturated heterocycles. The number of likely N-dealkylation sites (N-methyl/N-ethyl adjacent to an activating group) is 1. The summed E-state index contributed by atoms with van der Waals surface area (Å²) in [6.07, 6.45) is 0.878. The monoisotopic (exact) mass is 310 g/mol. The topological polar surface area (TPSA) is 49.9 Å². The zero-order chi connectivity index (χ0) is 14.9. The predicted molar refractivity (Wildman–Crippen MR) is 80.5 cm³/mol. The molecule has 0 amide bonds. The maximum atomic E-state index is 12.7. The molecule has 5 nitrogen and oxygen atoms in total. The van der Waals surface area contributed by atoms with Gasteiger partial charge in [-0.1, -0.05) is 18.2 Å². The molecule has 2 atom stereocenters. The molecule has 6 heteroatoms. The van der Waals surface area contributed by atoms with Crippen LogP contribution >= 0.6 is 0 Å². The van der Waals surface area contributed by atoms with Gasteiger partial charge in [0.05, 0.1) is 17.6 Å². The lowest BCUT2D eigenvalue weighted by atomic mass is 9.95. The van der Waals surface area contributed by atoms with E-state index in [0.29, 0.717) is 30.5 Å². The zero-order valence-corrected chi connectivity index (χ0v) is 13.1. The summed E-state index contributed by atoms with van der Waals surface area (Å²) in [5.74, 6) is 0.430. The van der Waals surface area contributed by atoms with Crippen molar-refractivity contribution in [1.29, 1.82) is 0 Å². The Kier molecular flexibility index (Phi) is 4.31. The molecule has 116 valence electrons. The van der Waals surface area contributed by atoms with Crippen LogP contribution in [0.25, 0.3) is 0 Å².